The Morgan fingerprint density at radius 3 is 1.80 bits per heavy atom. The molecule has 0 unspecified atom stereocenters. The molecule has 0 saturated heterocycles. The van der Waals surface area contributed by atoms with Gasteiger partial charge in [-0.1, -0.05) is 53.6 Å². The molecule has 1 N–H and O–H groups in total. The van der Waals surface area contributed by atoms with E-state index in [2.05, 4.69) is 70.2 Å². The van der Waals surface area contributed by atoms with Gasteiger partial charge >= 0.3 is 21.7 Å². The Balaban J connectivity index is 0.000000659. The molecule has 1 radical (unpaired) electrons. The summed E-state index contributed by atoms with van der Waals surface area (Å²) >= 11 is 0. The monoisotopic (exact) mass is 473 g/mol. The maximum atomic E-state index is 8.54. The second-order valence-corrected chi connectivity index (χ2v) is 7.19. The third kappa shape index (κ3) is 6.33. The molecule has 3 aromatic carbocycles. The third-order valence-corrected chi connectivity index (χ3v) is 5.63. The van der Waals surface area contributed by atoms with Crippen molar-refractivity contribution in [2.24, 2.45) is 0 Å². The van der Waals surface area contributed by atoms with Crippen LogP contribution in [0.1, 0.15) is 44.7 Å². The van der Waals surface area contributed by atoms with Crippen molar-refractivity contribution in [2.45, 2.75) is 40.2 Å². The minimum absolute atomic E-state index is 0. The Morgan fingerprint density at radius 1 is 0.733 bits per heavy atom. The summed E-state index contributed by atoms with van der Waals surface area (Å²) < 4.78 is 0. The fourth-order valence-corrected chi connectivity index (χ4v) is 3.70. The molecule has 4 heteroatoms. The van der Waals surface area contributed by atoms with Gasteiger partial charge in [0.15, 0.2) is 0 Å². The number of halogens is 2. The summed E-state index contributed by atoms with van der Waals surface area (Å²) in [7, 11) is 0. The molecule has 0 aromatic heterocycles. The molecule has 0 saturated carbocycles. The number of fused-ring (bicyclic) bond motifs is 1. The smallest absolute Gasteiger partial charge is 1.00 e. The molecule has 155 valence electrons. The minimum Gasteiger partial charge on any atom is -1.00 e. The van der Waals surface area contributed by atoms with Crippen LogP contribution in [0.3, 0.4) is 0 Å². The quantitative estimate of drug-likeness (QED) is 0.426. The van der Waals surface area contributed by atoms with Crippen LogP contribution in [0.4, 0.5) is 0 Å². The van der Waals surface area contributed by atoms with Gasteiger partial charge < -0.3 is 29.9 Å². The second-order valence-electron chi connectivity index (χ2n) is 7.19. The summed E-state index contributed by atoms with van der Waals surface area (Å²) in [6.45, 7) is 9.11. The predicted molar refractivity (Wildman–Crippen MR) is 115 cm³/mol. The zero-order valence-electron chi connectivity index (χ0n) is 17.8. The van der Waals surface area contributed by atoms with E-state index in [9.17, 15) is 0 Å². The van der Waals surface area contributed by atoms with Crippen LogP contribution < -0.4 is 24.8 Å². The van der Waals surface area contributed by atoms with Gasteiger partial charge in [0.1, 0.15) is 0 Å². The van der Waals surface area contributed by atoms with E-state index in [1.165, 1.54) is 38.6 Å². The standard InChI is InChI=1S/C19H19.C7H8O.2ClH.Ti/c1-12-13(2)15(4)19(14(12)3)18-10-9-16-7-5-6-8-17(16)11-18;8-6-7-4-2-1-3-5-7;;;/h5-10,19H,1-4H3;1-5,8H,6H2;2*1H;/q-1;;;;+3/p-2. The molecule has 1 aliphatic rings. The summed E-state index contributed by atoms with van der Waals surface area (Å²) in [5.41, 5.74) is 8.11. The predicted octanol–water partition coefficient (Wildman–Crippen LogP) is 0.594. The van der Waals surface area contributed by atoms with Gasteiger partial charge in [-0.25, -0.2) is 0 Å². The number of allylic oxidation sites excluding steroid dienone is 4. The van der Waals surface area contributed by atoms with Gasteiger partial charge in [-0.05, 0) is 44.4 Å². The third-order valence-electron chi connectivity index (χ3n) is 5.63. The van der Waals surface area contributed by atoms with Crippen molar-refractivity contribution in [1.82, 2.24) is 0 Å². The van der Waals surface area contributed by atoms with Crippen molar-refractivity contribution in [2.75, 3.05) is 0 Å². The van der Waals surface area contributed by atoms with E-state index in [1.54, 1.807) is 0 Å². The zero-order chi connectivity index (χ0) is 19.4. The maximum absolute atomic E-state index is 8.54. The van der Waals surface area contributed by atoms with E-state index in [0.717, 1.165) is 5.56 Å². The Kier molecular flexibility index (Phi) is 12.6. The molecule has 0 bridgehead atoms. The zero-order valence-corrected chi connectivity index (χ0v) is 20.9. The Bertz CT molecular complexity index is 986. The first-order valence-electron chi connectivity index (χ1n) is 9.43. The van der Waals surface area contributed by atoms with Crippen molar-refractivity contribution in [1.29, 1.82) is 0 Å². The van der Waals surface area contributed by atoms with Gasteiger partial charge in [-0.3, -0.25) is 0 Å². The van der Waals surface area contributed by atoms with E-state index in [0.29, 0.717) is 5.92 Å². The molecule has 3 aromatic rings. The van der Waals surface area contributed by atoms with Crippen molar-refractivity contribution >= 4 is 10.8 Å². The average Bonchev–Trinajstić information content (AvgIpc) is 2.91. The summed E-state index contributed by atoms with van der Waals surface area (Å²) in [5, 5.41) is 11.0. The van der Waals surface area contributed by atoms with E-state index < -0.39 is 0 Å². The summed E-state index contributed by atoms with van der Waals surface area (Å²) in [6.07, 6.45) is 0. The molecule has 0 amide bonds. The van der Waals surface area contributed by atoms with Crippen molar-refractivity contribution in [3.8, 4) is 0 Å². The van der Waals surface area contributed by atoms with Crippen LogP contribution in [0.5, 0.6) is 0 Å². The molecule has 0 fully saturated rings. The molecule has 0 spiro atoms. The van der Waals surface area contributed by atoms with Gasteiger partial charge in [0.2, 0.25) is 0 Å². The minimum atomic E-state index is 0. The molecule has 4 rings (SSSR count). The fraction of sp³-hybridized carbons (Fsp3) is 0.231. The Hall–Kier alpha value is -1.35. The number of aliphatic hydroxyl groups is 1. The summed E-state index contributed by atoms with van der Waals surface area (Å²) in [5.74, 6) is 0.421. The van der Waals surface area contributed by atoms with Crippen LogP contribution in [0, 0.1) is 6.07 Å². The number of hydrogen-bond acceptors (Lipinski definition) is 1. The van der Waals surface area contributed by atoms with Crippen LogP contribution in [0.2, 0.25) is 0 Å². The van der Waals surface area contributed by atoms with Crippen LogP contribution in [0.15, 0.2) is 89.0 Å². The molecule has 30 heavy (non-hydrogen) atoms. The molecule has 1 nitrogen and oxygen atoms in total. The van der Waals surface area contributed by atoms with Gasteiger partial charge in [-0.2, -0.15) is 0 Å². The second kappa shape index (κ2) is 13.1. The summed E-state index contributed by atoms with van der Waals surface area (Å²) in [4.78, 5) is 0. The van der Waals surface area contributed by atoms with Crippen LogP contribution in [-0.4, -0.2) is 5.11 Å². The molecule has 1 aliphatic carbocycles. The van der Waals surface area contributed by atoms with Crippen molar-refractivity contribution < 1.29 is 51.6 Å². The number of rotatable bonds is 2. The largest absolute Gasteiger partial charge is 3.00 e. The normalized spacial score (nSPS) is 13.1. The first-order valence-corrected chi connectivity index (χ1v) is 9.43. The Labute approximate surface area is 208 Å². The topological polar surface area (TPSA) is 20.2 Å². The van der Waals surface area contributed by atoms with Crippen LogP contribution >= 0.6 is 0 Å². The first kappa shape index (κ1) is 28.7. The first-order chi connectivity index (χ1) is 13.0. The van der Waals surface area contributed by atoms with Crippen LogP contribution in [0.25, 0.3) is 10.8 Å². The summed E-state index contributed by atoms with van der Waals surface area (Å²) in [6, 6.07) is 26.0. The molecular formula is C26H27Cl2OTi. The molecule has 0 heterocycles. The maximum Gasteiger partial charge on any atom is 3.00 e. The number of hydrogen-bond donors (Lipinski definition) is 1. The molecule has 0 atom stereocenters. The average molecular weight is 474 g/mol. The SMILES string of the molecule is CC1=C(C)C(c2[c-]c3ccccc3cc2)C(C)=C1C.OCc1ccccc1.[Cl-].[Cl-].[Ti+3]. The molecular weight excluding hydrogens is 447 g/mol. The Morgan fingerprint density at radius 2 is 1.27 bits per heavy atom. The van der Waals surface area contributed by atoms with Crippen LogP contribution in [-0.2, 0) is 28.3 Å². The van der Waals surface area contributed by atoms with Gasteiger partial charge in [0, 0.05) is 5.92 Å². The van der Waals surface area contributed by atoms with E-state index >= 15 is 0 Å². The van der Waals surface area contributed by atoms with Crippen molar-refractivity contribution in [3.05, 3.63) is 106 Å². The van der Waals surface area contributed by atoms with E-state index in [1.807, 2.05) is 30.3 Å². The van der Waals surface area contributed by atoms with Gasteiger partial charge in [-0.15, -0.1) is 46.7 Å². The number of benzene rings is 3. The van der Waals surface area contributed by atoms with E-state index in [-0.39, 0.29) is 53.1 Å². The number of aliphatic hydroxyl groups excluding tert-OH is 1. The molecule has 0 aliphatic heterocycles. The van der Waals surface area contributed by atoms with Gasteiger partial charge in [0.25, 0.3) is 0 Å². The van der Waals surface area contributed by atoms with Gasteiger partial charge in [0.05, 0.1) is 6.61 Å². The van der Waals surface area contributed by atoms with Crippen molar-refractivity contribution in [3.63, 3.8) is 0 Å². The van der Waals surface area contributed by atoms with E-state index in [4.69, 9.17) is 5.11 Å². The fourth-order valence-electron chi connectivity index (χ4n) is 3.70.